The van der Waals surface area contributed by atoms with Gasteiger partial charge in [0.2, 0.25) is 5.82 Å². The van der Waals surface area contributed by atoms with Gasteiger partial charge in [-0.05, 0) is 62.7 Å². The lowest BCUT2D eigenvalue weighted by Gasteiger charge is -2.08. The van der Waals surface area contributed by atoms with Gasteiger partial charge in [0.15, 0.2) is 5.82 Å². The number of nitrogens with one attached hydrogen (secondary N) is 1. The highest BCUT2D eigenvalue weighted by atomic mass is 35.5. The highest BCUT2D eigenvalue weighted by Crippen LogP contribution is 2.27. The number of rotatable bonds is 6. The van der Waals surface area contributed by atoms with Crippen molar-refractivity contribution < 1.29 is 9.53 Å². The van der Waals surface area contributed by atoms with Gasteiger partial charge in [-0.3, -0.25) is 4.79 Å². The van der Waals surface area contributed by atoms with Crippen molar-refractivity contribution in [3.05, 3.63) is 88.7 Å². The van der Waals surface area contributed by atoms with E-state index < -0.39 is 5.91 Å². The van der Waals surface area contributed by atoms with E-state index in [2.05, 4.69) is 15.4 Å². The van der Waals surface area contributed by atoms with Crippen molar-refractivity contribution >= 4 is 23.2 Å². The maximum atomic E-state index is 13.0. The van der Waals surface area contributed by atoms with E-state index in [1.165, 1.54) is 0 Å². The van der Waals surface area contributed by atoms with Crippen molar-refractivity contribution in [3.63, 3.8) is 0 Å². The Morgan fingerprint density at radius 3 is 2.50 bits per heavy atom. The van der Waals surface area contributed by atoms with Crippen molar-refractivity contribution in [2.24, 2.45) is 0 Å². The van der Waals surface area contributed by atoms with Gasteiger partial charge < -0.3 is 10.1 Å². The van der Waals surface area contributed by atoms with E-state index in [1.54, 1.807) is 10.7 Å². The first-order chi connectivity index (χ1) is 15.5. The van der Waals surface area contributed by atoms with Crippen LogP contribution in [0.15, 0.2) is 66.7 Å². The number of aryl methyl sites for hydroxylation is 2. The molecule has 0 atom stereocenters. The highest BCUT2D eigenvalue weighted by molar-refractivity contribution is 6.34. The minimum atomic E-state index is -0.431. The third kappa shape index (κ3) is 4.50. The van der Waals surface area contributed by atoms with Crippen molar-refractivity contribution in [3.8, 4) is 22.8 Å². The van der Waals surface area contributed by atoms with Gasteiger partial charge in [-0.25, -0.2) is 9.67 Å². The number of nitrogens with zero attached hydrogens (tertiary/aromatic N) is 3. The second-order valence-electron chi connectivity index (χ2n) is 7.35. The Balaban J connectivity index is 1.76. The monoisotopic (exact) mass is 446 g/mol. The van der Waals surface area contributed by atoms with Crippen LogP contribution in [-0.2, 0) is 0 Å². The zero-order valence-corrected chi connectivity index (χ0v) is 18.8. The number of benzene rings is 3. The fourth-order valence-corrected chi connectivity index (χ4v) is 3.64. The summed E-state index contributed by atoms with van der Waals surface area (Å²) in [6.45, 7) is 6.41. The molecule has 0 radical (unpaired) electrons. The number of para-hydroxylation sites is 1. The zero-order chi connectivity index (χ0) is 22.7. The maximum absolute atomic E-state index is 13.0. The molecule has 7 heteroatoms. The summed E-state index contributed by atoms with van der Waals surface area (Å²) in [4.78, 5) is 17.6. The van der Waals surface area contributed by atoms with Gasteiger partial charge in [-0.2, -0.15) is 0 Å². The summed E-state index contributed by atoms with van der Waals surface area (Å²) in [6.07, 6.45) is 0. The third-order valence-electron chi connectivity index (χ3n) is 4.94. The normalized spacial score (nSPS) is 10.8. The summed E-state index contributed by atoms with van der Waals surface area (Å²) in [5.41, 5.74) is 4.12. The fraction of sp³-hybridized carbons (Fsp3) is 0.160. The molecular weight excluding hydrogens is 424 g/mol. The van der Waals surface area contributed by atoms with E-state index in [1.807, 2.05) is 81.4 Å². The Labute approximate surface area is 191 Å². The van der Waals surface area contributed by atoms with Crippen LogP contribution in [-0.4, -0.2) is 27.3 Å². The van der Waals surface area contributed by atoms with E-state index >= 15 is 0 Å². The number of amides is 1. The minimum Gasteiger partial charge on any atom is -0.494 e. The number of aromatic nitrogens is 3. The second kappa shape index (κ2) is 9.24. The lowest BCUT2D eigenvalue weighted by Crippen LogP contribution is -2.15. The number of carbonyl (C=O) groups is 1. The largest absolute Gasteiger partial charge is 0.494 e. The number of hydrogen-bond acceptors (Lipinski definition) is 4. The number of carbonyl (C=O) groups excluding carboxylic acids is 1. The van der Waals surface area contributed by atoms with E-state index in [0.29, 0.717) is 23.1 Å². The van der Waals surface area contributed by atoms with Crippen LogP contribution < -0.4 is 10.1 Å². The molecule has 0 bridgehead atoms. The van der Waals surface area contributed by atoms with Crippen LogP contribution >= 0.6 is 11.6 Å². The summed E-state index contributed by atoms with van der Waals surface area (Å²) in [7, 11) is 0. The van der Waals surface area contributed by atoms with Crippen LogP contribution in [0.4, 0.5) is 5.69 Å². The molecular formula is C25H23ClN4O2. The van der Waals surface area contributed by atoms with Crippen LogP contribution in [0.1, 0.15) is 28.7 Å². The Morgan fingerprint density at radius 2 is 1.81 bits per heavy atom. The standard InChI is InChI=1S/C25H23ClN4O2/c1-4-32-20-13-11-19(12-14-20)30-24(18-9-5-7-16(2)15-18)28-23(29-30)25(31)27-22-17(3)8-6-10-21(22)26/h5-15H,4H2,1-3H3,(H,27,31). The average molecular weight is 447 g/mol. The van der Waals surface area contributed by atoms with Gasteiger partial charge in [0.25, 0.3) is 5.91 Å². The average Bonchev–Trinajstić information content (AvgIpc) is 3.23. The second-order valence-corrected chi connectivity index (χ2v) is 7.76. The lowest BCUT2D eigenvalue weighted by atomic mass is 10.1. The molecule has 6 nitrogen and oxygen atoms in total. The van der Waals surface area contributed by atoms with Crippen LogP contribution in [0.5, 0.6) is 5.75 Å². The quantitative estimate of drug-likeness (QED) is 0.403. The van der Waals surface area contributed by atoms with E-state index in [0.717, 1.165) is 28.1 Å². The molecule has 1 N–H and O–H groups in total. The van der Waals surface area contributed by atoms with Crippen molar-refractivity contribution in [1.82, 2.24) is 14.8 Å². The molecule has 32 heavy (non-hydrogen) atoms. The van der Waals surface area contributed by atoms with Gasteiger partial charge in [0.05, 0.1) is 23.0 Å². The van der Waals surface area contributed by atoms with Gasteiger partial charge in [0, 0.05) is 5.56 Å². The minimum absolute atomic E-state index is 0.0507. The SMILES string of the molecule is CCOc1ccc(-n2nc(C(=O)Nc3c(C)cccc3Cl)nc2-c2cccc(C)c2)cc1. The first-order valence-electron chi connectivity index (χ1n) is 10.3. The predicted octanol–water partition coefficient (Wildman–Crippen LogP) is 5.86. The van der Waals surface area contributed by atoms with Crippen LogP contribution in [0.3, 0.4) is 0 Å². The summed E-state index contributed by atoms with van der Waals surface area (Å²) in [5.74, 6) is 0.953. The Bertz CT molecular complexity index is 1250. The molecule has 4 rings (SSSR count). The van der Waals surface area contributed by atoms with Crippen molar-refractivity contribution in [2.45, 2.75) is 20.8 Å². The first kappa shape index (κ1) is 21.6. The summed E-state index contributed by atoms with van der Waals surface area (Å²) in [6, 6.07) is 20.9. The molecule has 1 heterocycles. The number of ether oxygens (including phenoxy) is 1. The van der Waals surface area contributed by atoms with E-state index in [9.17, 15) is 4.79 Å². The molecule has 0 fully saturated rings. The molecule has 3 aromatic carbocycles. The van der Waals surface area contributed by atoms with Crippen molar-refractivity contribution in [2.75, 3.05) is 11.9 Å². The van der Waals surface area contributed by atoms with Gasteiger partial charge in [-0.1, -0.05) is 47.5 Å². The molecule has 0 aliphatic rings. The molecule has 0 aliphatic heterocycles. The topological polar surface area (TPSA) is 69.0 Å². The number of anilines is 1. The molecule has 4 aromatic rings. The molecule has 0 spiro atoms. The summed E-state index contributed by atoms with van der Waals surface area (Å²) < 4.78 is 7.20. The zero-order valence-electron chi connectivity index (χ0n) is 18.1. The summed E-state index contributed by atoms with van der Waals surface area (Å²) in [5, 5.41) is 7.83. The van der Waals surface area contributed by atoms with Crippen molar-refractivity contribution in [1.29, 1.82) is 0 Å². The summed E-state index contributed by atoms with van der Waals surface area (Å²) >= 11 is 6.27. The third-order valence-corrected chi connectivity index (χ3v) is 5.25. The molecule has 1 aromatic heterocycles. The lowest BCUT2D eigenvalue weighted by molar-refractivity contribution is 0.101. The first-order valence-corrected chi connectivity index (χ1v) is 10.7. The Hall–Kier alpha value is -3.64. The Morgan fingerprint density at radius 1 is 1.06 bits per heavy atom. The molecule has 162 valence electrons. The highest BCUT2D eigenvalue weighted by Gasteiger charge is 2.20. The maximum Gasteiger partial charge on any atom is 0.295 e. The van der Waals surface area contributed by atoms with Gasteiger partial charge in [-0.15, -0.1) is 5.10 Å². The van der Waals surface area contributed by atoms with Crippen LogP contribution in [0.2, 0.25) is 5.02 Å². The number of halogens is 1. The smallest absolute Gasteiger partial charge is 0.295 e. The van der Waals surface area contributed by atoms with Crippen LogP contribution in [0.25, 0.3) is 17.1 Å². The Kier molecular flexibility index (Phi) is 6.23. The molecule has 0 unspecified atom stereocenters. The van der Waals surface area contributed by atoms with E-state index in [-0.39, 0.29) is 5.82 Å². The number of hydrogen-bond donors (Lipinski definition) is 1. The van der Waals surface area contributed by atoms with E-state index in [4.69, 9.17) is 16.3 Å². The molecule has 0 saturated heterocycles. The molecule has 0 saturated carbocycles. The molecule has 0 aliphatic carbocycles. The molecule has 1 amide bonds. The predicted molar refractivity (Wildman–Crippen MR) is 127 cm³/mol. The van der Waals surface area contributed by atoms with Gasteiger partial charge in [0.1, 0.15) is 5.75 Å². The van der Waals surface area contributed by atoms with Gasteiger partial charge >= 0.3 is 0 Å². The van der Waals surface area contributed by atoms with Crippen LogP contribution in [0, 0.1) is 13.8 Å². The fourth-order valence-electron chi connectivity index (χ4n) is 3.37.